The molecular formula is C17H19NO2. The number of benzene rings is 1. The highest BCUT2D eigenvalue weighted by atomic mass is 16.5. The SMILES string of the molecule is c1cc2c(o1)CCCC2NCc1ccc2c(c1)CCO2. The Bertz CT molecular complexity index is 617. The van der Waals surface area contributed by atoms with Crippen LogP contribution in [0.15, 0.2) is 34.9 Å². The number of fused-ring (bicyclic) bond motifs is 2. The maximum Gasteiger partial charge on any atom is 0.122 e. The predicted molar refractivity (Wildman–Crippen MR) is 76.9 cm³/mol. The molecule has 104 valence electrons. The third kappa shape index (κ3) is 2.12. The molecule has 20 heavy (non-hydrogen) atoms. The molecule has 1 aliphatic heterocycles. The summed E-state index contributed by atoms with van der Waals surface area (Å²) in [6, 6.07) is 9.08. The molecule has 0 amide bonds. The number of furan rings is 1. The highest BCUT2D eigenvalue weighted by molar-refractivity contribution is 5.39. The highest BCUT2D eigenvalue weighted by Gasteiger charge is 2.22. The molecule has 1 aromatic heterocycles. The van der Waals surface area contributed by atoms with E-state index in [0.29, 0.717) is 6.04 Å². The summed E-state index contributed by atoms with van der Waals surface area (Å²) in [5.74, 6) is 2.22. The van der Waals surface area contributed by atoms with Gasteiger partial charge in [-0.15, -0.1) is 0 Å². The second-order valence-electron chi connectivity index (χ2n) is 5.67. The van der Waals surface area contributed by atoms with Gasteiger partial charge in [0.1, 0.15) is 11.5 Å². The van der Waals surface area contributed by atoms with E-state index in [1.54, 1.807) is 0 Å². The Balaban J connectivity index is 1.46. The van der Waals surface area contributed by atoms with Crippen LogP contribution in [0.3, 0.4) is 0 Å². The zero-order valence-electron chi connectivity index (χ0n) is 11.5. The summed E-state index contributed by atoms with van der Waals surface area (Å²) in [7, 11) is 0. The zero-order chi connectivity index (χ0) is 13.4. The van der Waals surface area contributed by atoms with Crippen molar-refractivity contribution in [3.63, 3.8) is 0 Å². The molecule has 1 unspecified atom stereocenters. The summed E-state index contributed by atoms with van der Waals surface area (Å²) < 4.78 is 11.1. The summed E-state index contributed by atoms with van der Waals surface area (Å²) >= 11 is 0. The zero-order valence-corrected chi connectivity index (χ0v) is 11.5. The van der Waals surface area contributed by atoms with Crippen molar-refractivity contribution in [1.29, 1.82) is 0 Å². The lowest BCUT2D eigenvalue weighted by Gasteiger charge is -2.23. The second kappa shape index (κ2) is 4.98. The Kier molecular flexibility index (Phi) is 3.00. The van der Waals surface area contributed by atoms with E-state index in [4.69, 9.17) is 9.15 Å². The van der Waals surface area contributed by atoms with Crippen LogP contribution >= 0.6 is 0 Å². The first-order valence-corrected chi connectivity index (χ1v) is 7.44. The second-order valence-corrected chi connectivity index (χ2v) is 5.67. The number of hydrogen-bond donors (Lipinski definition) is 1. The molecule has 3 heteroatoms. The molecule has 1 atom stereocenters. The largest absolute Gasteiger partial charge is 0.493 e. The van der Waals surface area contributed by atoms with Gasteiger partial charge in [0.15, 0.2) is 0 Å². The van der Waals surface area contributed by atoms with Crippen LogP contribution in [-0.4, -0.2) is 6.61 Å². The van der Waals surface area contributed by atoms with Gasteiger partial charge in [-0.25, -0.2) is 0 Å². The summed E-state index contributed by atoms with van der Waals surface area (Å²) in [6.45, 7) is 1.73. The fourth-order valence-corrected chi connectivity index (χ4v) is 3.29. The molecule has 4 rings (SSSR count). The maximum atomic E-state index is 5.55. The van der Waals surface area contributed by atoms with Gasteiger partial charge >= 0.3 is 0 Å². The van der Waals surface area contributed by atoms with Crippen LogP contribution in [0.5, 0.6) is 5.75 Å². The molecule has 0 spiro atoms. The molecule has 0 saturated heterocycles. The van der Waals surface area contributed by atoms with E-state index in [-0.39, 0.29) is 0 Å². The van der Waals surface area contributed by atoms with Crippen molar-refractivity contribution in [2.24, 2.45) is 0 Å². The van der Waals surface area contributed by atoms with Crippen LogP contribution < -0.4 is 10.1 Å². The number of aryl methyl sites for hydroxylation is 1. The van der Waals surface area contributed by atoms with Crippen LogP contribution in [0.2, 0.25) is 0 Å². The summed E-state index contributed by atoms with van der Waals surface area (Å²) in [5.41, 5.74) is 4.03. The van der Waals surface area contributed by atoms with E-state index in [1.807, 2.05) is 6.26 Å². The minimum Gasteiger partial charge on any atom is -0.493 e. The van der Waals surface area contributed by atoms with Crippen molar-refractivity contribution in [2.75, 3.05) is 6.61 Å². The Morgan fingerprint density at radius 3 is 3.20 bits per heavy atom. The first-order chi connectivity index (χ1) is 9.90. The molecule has 3 nitrogen and oxygen atoms in total. The minimum atomic E-state index is 0.432. The predicted octanol–water partition coefficient (Wildman–Crippen LogP) is 3.38. The summed E-state index contributed by atoms with van der Waals surface area (Å²) in [4.78, 5) is 0. The van der Waals surface area contributed by atoms with Gasteiger partial charge in [0.05, 0.1) is 12.9 Å². The molecule has 0 radical (unpaired) electrons. The van der Waals surface area contributed by atoms with Crippen molar-refractivity contribution in [3.8, 4) is 5.75 Å². The van der Waals surface area contributed by atoms with Gasteiger partial charge < -0.3 is 14.5 Å². The first-order valence-electron chi connectivity index (χ1n) is 7.44. The Morgan fingerprint density at radius 2 is 2.20 bits per heavy atom. The van der Waals surface area contributed by atoms with Gasteiger partial charge in [-0.3, -0.25) is 0 Å². The molecule has 1 aromatic carbocycles. The molecule has 0 bridgehead atoms. The van der Waals surface area contributed by atoms with Gasteiger partial charge in [-0.1, -0.05) is 12.1 Å². The van der Waals surface area contributed by atoms with E-state index in [9.17, 15) is 0 Å². The lowest BCUT2D eigenvalue weighted by molar-refractivity contribution is 0.356. The molecule has 2 aromatic rings. The Labute approximate surface area is 118 Å². The van der Waals surface area contributed by atoms with Crippen molar-refractivity contribution in [1.82, 2.24) is 5.32 Å². The van der Waals surface area contributed by atoms with Gasteiger partial charge in [0.25, 0.3) is 0 Å². The van der Waals surface area contributed by atoms with Crippen molar-refractivity contribution in [3.05, 3.63) is 53.0 Å². The third-order valence-electron chi connectivity index (χ3n) is 4.36. The molecule has 0 saturated carbocycles. The Hall–Kier alpha value is -1.74. The smallest absolute Gasteiger partial charge is 0.122 e. The summed E-state index contributed by atoms with van der Waals surface area (Å²) in [5, 5.41) is 3.67. The van der Waals surface area contributed by atoms with Gasteiger partial charge in [0.2, 0.25) is 0 Å². The fourth-order valence-electron chi connectivity index (χ4n) is 3.29. The number of nitrogens with one attached hydrogen (secondary N) is 1. The monoisotopic (exact) mass is 269 g/mol. The van der Waals surface area contributed by atoms with Crippen LogP contribution in [0, 0.1) is 0 Å². The van der Waals surface area contributed by atoms with Crippen LogP contribution in [0.1, 0.15) is 41.3 Å². The van der Waals surface area contributed by atoms with E-state index in [1.165, 1.54) is 29.5 Å². The van der Waals surface area contributed by atoms with Gasteiger partial charge in [0, 0.05) is 31.0 Å². The fraction of sp³-hybridized carbons (Fsp3) is 0.412. The average Bonchev–Trinajstić information content (AvgIpc) is 3.13. The normalized spacial score (nSPS) is 20.3. The average molecular weight is 269 g/mol. The maximum absolute atomic E-state index is 5.55. The van der Waals surface area contributed by atoms with E-state index < -0.39 is 0 Å². The molecule has 2 heterocycles. The lowest BCUT2D eigenvalue weighted by Crippen LogP contribution is -2.24. The van der Waals surface area contributed by atoms with E-state index >= 15 is 0 Å². The van der Waals surface area contributed by atoms with E-state index in [2.05, 4.69) is 29.6 Å². The Morgan fingerprint density at radius 1 is 1.20 bits per heavy atom. The van der Waals surface area contributed by atoms with Crippen molar-refractivity contribution in [2.45, 2.75) is 38.3 Å². The summed E-state index contributed by atoms with van der Waals surface area (Å²) in [6.07, 6.45) is 6.34. The molecule has 1 N–H and O–H groups in total. The van der Waals surface area contributed by atoms with Crippen molar-refractivity contribution >= 4 is 0 Å². The minimum absolute atomic E-state index is 0.432. The molecule has 1 aliphatic carbocycles. The highest BCUT2D eigenvalue weighted by Crippen LogP contribution is 2.31. The molecule has 0 fully saturated rings. The van der Waals surface area contributed by atoms with Crippen LogP contribution in [0.25, 0.3) is 0 Å². The standard InChI is InChI=1S/C17H19NO2/c1-2-15(14-7-9-20-17(14)3-1)18-11-12-4-5-16-13(10-12)6-8-19-16/h4-5,7,9-10,15,18H,1-3,6,8,11H2. The van der Waals surface area contributed by atoms with Crippen LogP contribution in [-0.2, 0) is 19.4 Å². The third-order valence-corrected chi connectivity index (χ3v) is 4.36. The number of rotatable bonds is 3. The van der Waals surface area contributed by atoms with Gasteiger partial charge in [-0.2, -0.15) is 0 Å². The van der Waals surface area contributed by atoms with E-state index in [0.717, 1.165) is 37.5 Å². The molecular weight excluding hydrogens is 250 g/mol. The number of hydrogen-bond acceptors (Lipinski definition) is 3. The quantitative estimate of drug-likeness (QED) is 0.927. The van der Waals surface area contributed by atoms with Crippen LogP contribution in [0.4, 0.5) is 0 Å². The molecule has 2 aliphatic rings. The lowest BCUT2D eigenvalue weighted by atomic mass is 9.93. The van der Waals surface area contributed by atoms with Crippen molar-refractivity contribution < 1.29 is 9.15 Å². The van der Waals surface area contributed by atoms with Gasteiger partial charge in [-0.05, 0) is 36.1 Å². The topological polar surface area (TPSA) is 34.4 Å². The number of ether oxygens (including phenoxy) is 1. The first kappa shape index (κ1) is 12.0.